The molecule has 0 spiro atoms. The molecule has 0 atom stereocenters. The van der Waals surface area contributed by atoms with Crippen LogP contribution in [0.3, 0.4) is 0 Å². The number of hydrogen-bond acceptors (Lipinski definition) is 5. The SMILES string of the molecule is CC(=O)OSCc1cc2c(cc1C)OCO2. The average Bonchev–Trinajstić information content (AvgIpc) is 2.64. The summed E-state index contributed by atoms with van der Waals surface area (Å²) in [6.07, 6.45) is 0. The molecule has 86 valence electrons. The van der Waals surface area contributed by atoms with Crippen LogP contribution in [0.2, 0.25) is 0 Å². The molecule has 0 bridgehead atoms. The second-order valence-corrected chi connectivity index (χ2v) is 4.16. The fourth-order valence-electron chi connectivity index (χ4n) is 1.42. The summed E-state index contributed by atoms with van der Waals surface area (Å²) in [4.78, 5) is 10.6. The van der Waals surface area contributed by atoms with E-state index in [0.29, 0.717) is 5.75 Å². The Labute approximate surface area is 98.1 Å². The van der Waals surface area contributed by atoms with Crippen LogP contribution in [0, 0.1) is 6.92 Å². The number of ether oxygens (including phenoxy) is 2. The quantitative estimate of drug-likeness (QED) is 0.759. The molecule has 0 saturated carbocycles. The van der Waals surface area contributed by atoms with Crippen molar-refractivity contribution in [2.24, 2.45) is 0 Å². The van der Waals surface area contributed by atoms with Crippen molar-refractivity contribution in [3.63, 3.8) is 0 Å². The van der Waals surface area contributed by atoms with Crippen molar-refractivity contribution in [1.82, 2.24) is 0 Å². The summed E-state index contributed by atoms with van der Waals surface area (Å²) >= 11 is 1.13. The third-order valence-electron chi connectivity index (χ3n) is 2.22. The average molecular weight is 240 g/mol. The normalized spacial score (nSPS) is 12.6. The molecule has 1 aromatic rings. The van der Waals surface area contributed by atoms with E-state index in [1.807, 2.05) is 19.1 Å². The van der Waals surface area contributed by atoms with Crippen LogP contribution in [-0.4, -0.2) is 12.8 Å². The van der Waals surface area contributed by atoms with Crippen LogP contribution in [0.15, 0.2) is 12.1 Å². The molecule has 4 nitrogen and oxygen atoms in total. The first-order valence-electron chi connectivity index (χ1n) is 4.86. The van der Waals surface area contributed by atoms with Gasteiger partial charge in [-0.05, 0) is 30.2 Å². The molecule has 0 amide bonds. The van der Waals surface area contributed by atoms with Crippen molar-refractivity contribution in [3.05, 3.63) is 23.3 Å². The molecule has 16 heavy (non-hydrogen) atoms. The molecule has 1 heterocycles. The molecule has 1 aliphatic heterocycles. The van der Waals surface area contributed by atoms with E-state index in [4.69, 9.17) is 13.7 Å². The molecule has 0 unspecified atom stereocenters. The summed E-state index contributed by atoms with van der Waals surface area (Å²) in [6.45, 7) is 3.65. The highest BCUT2D eigenvalue weighted by Gasteiger charge is 2.15. The standard InChI is InChI=1S/C11H12O4S/c1-7-3-10-11(14-6-13-10)4-9(7)5-16-15-8(2)12/h3-4H,5-6H2,1-2H3. The fourth-order valence-corrected chi connectivity index (χ4v) is 2.08. The lowest BCUT2D eigenvalue weighted by atomic mass is 10.1. The minimum Gasteiger partial charge on any atom is -0.454 e. The monoisotopic (exact) mass is 240 g/mol. The third-order valence-corrected chi connectivity index (χ3v) is 3.00. The third kappa shape index (κ3) is 2.41. The Morgan fingerprint density at radius 2 is 2.12 bits per heavy atom. The highest BCUT2D eigenvalue weighted by Crippen LogP contribution is 2.35. The number of fused-ring (bicyclic) bond motifs is 1. The van der Waals surface area contributed by atoms with Gasteiger partial charge in [0.05, 0.1) is 17.8 Å². The zero-order chi connectivity index (χ0) is 11.5. The van der Waals surface area contributed by atoms with Gasteiger partial charge in [-0.25, -0.2) is 0 Å². The summed E-state index contributed by atoms with van der Waals surface area (Å²) in [7, 11) is 0. The molecule has 0 N–H and O–H groups in total. The van der Waals surface area contributed by atoms with E-state index in [1.165, 1.54) is 6.92 Å². The Morgan fingerprint density at radius 3 is 2.81 bits per heavy atom. The number of aryl methyl sites for hydroxylation is 1. The largest absolute Gasteiger partial charge is 0.454 e. The fraction of sp³-hybridized carbons (Fsp3) is 0.364. The van der Waals surface area contributed by atoms with Gasteiger partial charge in [0, 0.05) is 6.92 Å². The zero-order valence-corrected chi connectivity index (χ0v) is 9.93. The van der Waals surface area contributed by atoms with Crippen LogP contribution in [0.5, 0.6) is 11.5 Å². The Kier molecular flexibility index (Phi) is 3.24. The van der Waals surface area contributed by atoms with Crippen molar-refractivity contribution in [2.75, 3.05) is 6.79 Å². The second kappa shape index (κ2) is 4.65. The van der Waals surface area contributed by atoms with Crippen LogP contribution in [-0.2, 0) is 14.7 Å². The van der Waals surface area contributed by atoms with Gasteiger partial charge in [0.1, 0.15) is 0 Å². The summed E-state index contributed by atoms with van der Waals surface area (Å²) < 4.78 is 15.4. The summed E-state index contributed by atoms with van der Waals surface area (Å²) in [5, 5.41) is 0. The smallest absolute Gasteiger partial charge is 0.314 e. The number of rotatable bonds is 3. The van der Waals surface area contributed by atoms with E-state index in [1.54, 1.807) is 0 Å². The predicted octanol–water partition coefficient (Wildman–Crippen LogP) is 2.44. The van der Waals surface area contributed by atoms with Gasteiger partial charge >= 0.3 is 5.97 Å². The van der Waals surface area contributed by atoms with Crippen molar-refractivity contribution in [2.45, 2.75) is 19.6 Å². The Bertz CT molecular complexity index is 417. The number of benzene rings is 1. The molecule has 0 fully saturated rings. The lowest BCUT2D eigenvalue weighted by Gasteiger charge is -2.06. The lowest BCUT2D eigenvalue weighted by molar-refractivity contribution is -0.130. The topological polar surface area (TPSA) is 44.8 Å². The van der Waals surface area contributed by atoms with Gasteiger partial charge in [-0.1, -0.05) is 0 Å². The van der Waals surface area contributed by atoms with Crippen LogP contribution in [0.25, 0.3) is 0 Å². The number of carbonyl (C=O) groups excluding carboxylic acids is 1. The summed E-state index contributed by atoms with van der Waals surface area (Å²) in [6, 6.07) is 3.86. The Morgan fingerprint density at radius 1 is 1.44 bits per heavy atom. The maximum Gasteiger partial charge on any atom is 0.314 e. The van der Waals surface area contributed by atoms with Crippen LogP contribution < -0.4 is 9.47 Å². The molecule has 1 aromatic carbocycles. The maximum absolute atomic E-state index is 10.6. The van der Waals surface area contributed by atoms with E-state index in [2.05, 4.69) is 0 Å². The minimum absolute atomic E-state index is 0.273. The van der Waals surface area contributed by atoms with E-state index in [0.717, 1.165) is 34.7 Å². The summed E-state index contributed by atoms with van der Waals surface area (Å²) in [5.74, 6) is 1.85. The van der Waals surface area contributed by atoms with Crippen molar-refractivity contribution in [1.29, 1.82) is 0 Å². The van der Waals surface area contributed by atoms with Gasteiger partial charge in [-0.2, -0.15) is 0 Å². The zero-order valence-electron chi connectivity index (χ0n) is 9.11. The second-order valence-electron chi connectivity index (χ2n) is 3.47. The van der Waals surface area contributed by atoms with E-state index >= 15 is 0 Å². The van der Waals surface area contributed by atoms with E-state index in [9.17, 15) is 4.79 Å². The Balaban J connectivity index is 2.06. The molecule has 0 radical (unpaired) electrons. The van der Waals surface area contributed by atoms with Crippen LogP contribution >= 0.6 is 12.0 Å². The summed E-state index contributed by atoms with van der Waals surface area (Å²) in [5.41, 5.74) is 2.18. The van der Waals surface area contributed by atoms with Gasteiger partial charge < -0.3 is 13.7 Å². The van der Waals surface area contributed by atoms with E-state index < -0.39 is 0 Å². The van der Waals surface area contributed by atoms with Crippen LogP contribution in [0.1, 0.15) is 18.1 Å². The molecule has 0 aromatic heterocycles. The molecule has 0 saturated heterocycles. The van der Waals surface area contributed by atoms with Crippen molar-refractivity contribution in [3.8, 4) is 11.5 Å². The van der Waals surface area contributed by atoms with Gasteiger partial charge in [-0.3, -0.25) is 4.79 Å². The predicted molar refractivity (Wildman–Crippen MR) is 60.4 cm³/mol. The molecular weight excluding hydrogens is 228 g/mol. The maximum atomic E-state index is 10.6. The minimum atomic E-state index is -0.289. The van der Waals surface area contributed by atoms with Crippen molar-refractivity contribution < 1.29 is 18.5 Å². The first-order chi connectivity index (χ1) is 7.66. The van der Waals surface area contributed by atoms with Crippen molar-refractivity contribution >= 4 is 18.0 Å². The highest BCUT2D eigenvalue weighted by molar-refractivity contribution is 7.94. The molecule has 1 aliphatic rings. The molecule has 2 rings (SSSR count). The Hall–Kier alpha value is -1.36. The first kappa shape index (κ1) is 11.1. The van der Waals surface area contributed by atoms with Gasteiger partial charge in [-0.15, -0.1) is 0 Å². The van der Waals surface area contributed by atoms with Crippen LogP contribution in [0.4, 0.5) is 0 Å². The highest BCUT2D eigenvalue weighted by atomic mass is 32.2. The van der Waals surface area contributed by atoms with Gasteiger partial charge in [0.2, 0.25) is 6.79 Å². The van der Waals surface area contributed by atoms with Gasteiger partial charge in [0.25, 0.3) is 0 Å². The lowest BCUT2D eigenvalue weighted by Crippen LogP contribution is -1.93. The first-order valence-corrected chi connectivity index (χ1v) is 5.77. The van der Waals surface area contributed by atoms with Gasteiger partial charge in [0.15, 0.2) is 11.5 Å². The van der Waals surface area contributed by atoms with E-state index in [-0.39, 0.29) is 12.8 Å². The number of carbonyl (C=O) groups is 1. The number of hydrogen-bond donors (Lipinski definition) is 0. The molecule has 5 heteroatoms. The molecule has 0 aliphatic carbocycles. The molecular formula is C11H12O4S.